The first-order valence-electron chi connectivity index (χ1n) is 8.61. The van der Waals surface area contributed by atoms with E-state index in [4.69, 9.17) is 20.8 Å². The summed E-state index contributed by atoms with van der Waals surface area (Å²) in [4.78, 5) is 12.4. The Hall–Kier alpha value is -3.49. The van der Waals surface area contributed by atoms with Crippen molar-refractivity contribution in [1.29, 1.82) is 5.26 Å². The van der Waals surface area contributed by atoms with Crippen molar-refractivity contribution in [3.63, 3.8) is 0 Å². The topological polar surface area (TPSA) is 75.3 Å². The molecule has 28 heavy (non-hydrogen) atoms. The molecule has 0 radical (unpaired) electrons. The van der Waals surface area contributed by atoms with Gasteiger partial charge < -0.3 is 14.5 Å². The molecule has 0 fully saturated rings. The summed E-state index contributed by atoms with van der Waals surface area (Å²) < 4.78 is 11.1. The number of hydrogen-bond acceptors (Lipinski definition) is 4. The maximum absolute atomic E-state index is 12.4. The normalized spacial score (nSPS) is 11.0. The zero-order valence-corrected chi connectivity index (χ0v) is 15.9. The number of halogens is 1. The van der Waals surface area contributed by atoms with Crippen LogP contribution in [0, 0.1) is 11.3 Å². The van der Waals surface area contributed by atoms with Crippen molar-refractivity contribution < 1.29 is 13.9 Å². The number of ether oxygens (including phenoxy) is 1. The molecule has 3 aromatic rings. The Labute approximate surface area is 167 Å². The lowest BCUT2D eigenvalue weighted by Gasteiger charge is -2.07. The maximum Gasteiger partial charge on any atom is 0.266 e. The standard InChI is InChI=1S/C22H17ClN2O3/c1-2-27-19-5-3-4-18(13-19)25-22(26)16(14-24)12-20-10-11-21(28-20)15-6-8-17(23)9-7-15/h3-13H,2H2,1H3,(H,25,26)/b16-12-. The van der Waals surface area contributed by atoms with Gasteiger partial charge in [0.25, 0.3) is 5.91 Å². The SMILES string of the molecule is CCOc1cccc(NC(=O)/C(C#N)=C\c2ccc(-c3ccc(Cl)cc3)o2)c1. The van der Waals surface area contributed by atoms with Gasteiger partial charge in [-0.3, -0.25) is 4.79 Å². The number of anilines is 1. The molecule has 0 spiro atoms. The number of rotatable bonds is 6. The minimum absolute atomic E-state index is 0.0705. The molecule has 1 heterocycles. The van der Waals surface area contributed by atoms with Gasteiger partial charge in [-0.05, 0) is 55.5 Å². The maximum atomic E-state index is 12.4. The number of carbonyl (C=O) groups is 1. The summed E-state index contributed by atoms with van der Waals surface area (Å²) in [7, 11) is 0. The van der Waals surface area contributed by atoms with Gasteiger partial charge in [-0.15, -0.1) is 0 Å². The predicted molar refractivity (Wildman–Crippen MR) is 109 cm³/mol. The van der Waals surface area contributed by atoms with Gasteiger partial charge in [0, 0.05) is 28.4 Å². The summed E-state index contributed by atoms with van der Waals surface area (Å²) in [6, 6.07) is 19.5. The highest BCUT2D eigenvalue weighted by Gasteiger charge is 2.12. The molecule has 1 N–H and O–H groups in total. The second-order valence-corrected chi connectivity index (χ2v) is 6.23. The Kier molecular flexibility index (Phi) is 6.15. The van der Waals surface area contributed by atoms with Gasteiger partial charge >= 0.3 is 0 Å². The van der Waals surface area contributed by atoms with E-state index in [1.54, 1.807) is 48.5 Å². The lowest BCUT2D eigenvalue weighted by Crippen LogP contribution is -2.13. The van der Waals surface area contributed by atoms with E-state index in [0.29, 0.717) is 34.6 Å². The van der Waals surface area contributed by atoms with E-state index in [1.165, 1.54) is 6.08 Å². The third-order valence-corrected chi connectivity index (χ3v) is 4.06. The fraction of sp³-hybridized carbons (Fsp3) is 0.0909. The molecule has 2 aromatic carbocycles. The second-order valence-electron chi connectivity index (χ2n) is 5.79. The molecule has 5 nitrogen and oxygen atoms in total. The molecule has 140 valence electrons. The fourth-order valence-electron chi connectivity index (χ4n) is 2.52. The first-order chi connectivity index (χ1) is 13.6. The third-order valence-electron chi connectivity index (χ3n) is 3.81. The number of benzene rings is 2. The van der Waals surface area contributed by atoms with E-state index in [-0.39, 0.29) is 5.57 Å². The molecule has 3 rings (SSSR count). The highest BCUT2D eigenvalue weighted by molar-refractivity contribution is 6.30. The molecule has 0 unspecified atom stereocenters. The van der Waals surface area contributed by atoms with Crippen LogP contribution in [0.1, 0.15) is 12.7 Å². The van der Waals surface area contributed by atoms with Crippen LogP contribution in [0.15, 0.2) is 70.7 Å². The van der Waals surface area contributed by atoms with Crippen molar-refractivity contribution in [2.24, 2.45) is 0 Å². The van der Waals surface area contributed by atoms with E-state index in [1.807, 2.05) is 25.1 Å². The Balaban J connectivity index is 1.76. The number of furan rings is 1. The van der Waals surface area contributed by atoms with Crippen molar-refractivity contribution >= 4 is 29.3 Å². The van der Waals surface area contributed by atoms with Gasteiger partial charge in [0.15, 0.2) is 0 Å². The summed E-state index contributed by atoms with van der Waals surface area (Å²) in [6.07, 6.45) is 1.40. The first-order valence-corrected chi connectivity index (χ1v) is 8.98. The summed E-state index contributed by atoms with van der Waals surface area (Å²) in [5, 5.41) is 12.7. The van der Waals surface area contributed by atoms with Crippen LogP contribution >= 0.6 is 11.6 Å². The number of amides is 1. The number of hydrogen-bond donors (Lipinski definition) is 1. The van der Waals surface area contributed by atoms with E-state index in [9.17, 15) is 10.1 Å². The second kappa shape index (κ2) is 8.94. The van der Waals surface area contributed by atoms with Crippen LogP contribution < -0.4 is 10.1 Å². The van der Waals surface area contributed by atoms with Gasteiger partial charge in [0.1, 0.15) is 28.9 Å². The Morgan fingerprint density at radius 3 is 2.71 bits per heavy atom. The van der Waals surface area contributed by atoms with Crippen molar-refractivity contribution in [3.8, 4) is 23.1 Å². The number of nitrogens with zero attached hydrogens (tertiary/aromatic N) is 1. The van der Waals surface area contributed by atoms with Crippen molar-refractivity contribution in [2.45, 2.75) is 6.92 Å². The third kappa shape index (κ3) is 4.81. The van der Waals surface area contributed by atoms with E-state index < -0.39 is 5.91 Å². The lowest BCUT2D eigenvalue weighted by atomic mass is 10.2. The molecule has 6 heteroatoms. The van der Waals surface area contributed by atoms with Crippen molar-refractivity contribution in [2.75, 3.05) is 11.9 Å². The fourth-order valence-corrected chi connectivity index (χ4v) is 2.65. The van der Waals surface area contributed by atoms with Crippen LogP contribution in [0.3, 0.4) is 0 Å². The molecule has 0 aliphatic carbocycles. The van der Waals surface area contributed by atoms with Crippen molar-refractivity contribution in [3.05, 3.63) is 77.0 Å². The molecule has 0 saturated carbocycles. The molecule has 1 aromatic heterocycles. The highest BCUT2D eigenvalue weighted by atomic mass is 35.5. The number of nitriles is 1. The smallest absolute Gasteiger partial charge is 0.266 e. The molecule has 0 saturated heterocycles. The van der Waals surface area contributed by atoms with Gasteiger partial charge in [-0.1, -0.05) is 17.7 Å². The quantitative estimate of drug-likeness (QED) is 0.441. The van der Waals surface area contributed by atoms with Crippen molar-refractivity contribution in [1.82, 2.24) is 0 Å². The monoisotopic (exact) mass is 392 g/mol. The minimum Gasteiger partial charge on any atom is -0.494 e. The molecule has 0 atom stereocenters. The molecular weight excluding hydrogens is 376 g/mol. The summed E-state index contributed by atoms with van der Waals surface area (Å²) in [5.41, 5.74) is 1.32. The summed E-state index contributed by atoms with van der Waals surface area (Å²) in [5.74, 6) is 1.13. The zero-order chi connectivity index (χ0) is 19.9. The Bertz CT molecular complexity index is 1050. The largest absolute Gasteiger partial charge is 0.494 e. The predicted octanol–water partition coefficient (Wildman–Crippen LogP) is 5.54. The van der Waals surface area contributed by atoms with Crippen LogP contribution in [-0.4, -0.2) is 12.5 Å². The summed E-state index contributed by atoms with van der Waals surface area (Å²) in [6.45, 7) is 2.40. The average molecular weight is 393 g/mol. The summed E-state index contributed by atoms with van der Waals surface area (Å²) >= 11 is 5.89. The molecular formula is C22H17ClN2O3. The number of carbonyl (C=O) groups excluding carboxylic acids is 1. The number of nitrogens with one attached hydrogen (secondary N) is 1. The van der Waals surface area contributed by atoms with Gasteiger partial charge in [-0.2, -0.15) is 5.26 Å². The van der Waals surface area contributed by atoms with Crippen LogP contribution in [0.5, 0.6) is 5.75 Å². The average Bonchev–Trinajstić information content (AvgIpc) is 3.16. The van der Waals surface area contributed by atoms with Gasteiger partial charge in [0.2, 0.25) is 0 Å². The first kappa shape index (κ1) is 19.3. The van der Waals surface area contributed by atoms with Crippen LogP contribution in [0.4, 0.5) is 5.69 Å². The molecule has 0 aliphatic rings. The van der Waals surface area contributed by atoms with Crippen LogP contribution in [-0.2, 0) is 4.79 Å². The van der Waals surface area contributed by atoms with Crippen LogP contribution in [0.2, 0.25) is 5.02 Å². The van der Waals surface area contributed by atoms with Gasteiger partial charge in [-0.25, -0.2) is 0 Å². The Morgan fingerprint density at radius 2 is 2.00 bits per heavy atom. The van der Waals surface area contributed by atoms with E-state index >= 15 is 0 Å². The van der Waals surface area contributed by atoms with Gasteiger partial charge in [0.05, 0.1) is 6.61 Å². The highest BCUT2D eigenvalue weighted by Crippen LogP contribution is 2.25. The Morgan fingerprint density at radius 1 is 1.21 bits per heavy atom. The molecule has 0 aliphatic heterocycles. The van der Waals surface area contributed by atoms with E-state index in [2.05, 4.69) is 5.32 Å². The van der Waals surface area contributed by atoms with E-state index in [0.717, 1.165) is 5.56 Å². The van der Waals surface area contributed by atoms with Crippen LogP contribution in [0.25, 0.3) is 17.4 Å². The molecule has 0 bridgehead atoms. The minimum atomic E-state index is -0.527. The lowest BCUT2D eigenvalue weighted by molar-refractivity contribution is -0.112. The molecule has 1 amide bonds. The zero-order valence-electron chi connectivity index (χ0n) is 15.1.